The number of nitrogens with one attached hydrogen (secondary N) is 1. The Morgan fingerprint density at radius 2 is 1.88 bits per heavy atom. The fourth-order valence-electron chi connectivity index (χ4n) is 3.33. The van der Waals surface area contributed by atoms with E-state index < -0.39 is 0 Å². The van der Waals surface area contributed by atoms with Crippen LogP contribution in [0.5, 0.6) is 0 Å². The van der Waals surface area contributed by atoms with Gasteiger partial charge in [-0.05, 0) is 31.1 Å². The lowest BCUT2D eigenvalue weighted by Crippen LogP contribution is -2.56. The molecule has 0 aromatic carbocycles. The zero-order valence-corrected chi connectivity index (χ0v) is 10.9. The van der Waals surface area contributed by atoms with Gasteiger partial charge in [-0.3, -0.25) is 0 Å². The van der Waals surface area contributed by atoms with Crippen molar-refractivity contribution in [3.8, 4) is 0 Å². The third-order valence-electron chi connectivity index (χ3n) is 4.77. The first-order valence-electron chi connectivity index (χ1n) is 6.92. The Balaban J connectivity index is 1.82. The van der Waals surface area contributed by atoms with Gasteiger partial charge in [0.05, 0.1) is 0 Å². The summed E-state index contributed by atoms with van der Waals surface area (Å²) in [5, 5.41) is 13.0. The molecule has 2 fully saturated rings. The standard InChI is InChI=1S/C14H27NO/c1-13(2,11-16)10-15-12-6-9-14(12)7-4-3-5-8-14/h12,15-16H,3-11H2,1-2H3. The molecule has 0 heterocycles. The zero-order chi connectivity index (χ0) is 11.6. The number of aliphatic hydroxyl groups excluding tert-OH is 1. The topological polar surface area (TPSA) is 32.3 Å². The predicted molar refractivity (Wildman–Crippen MR) is 67.4 cm³/mol. The molecule has 0 aliphatic heterocycles. The van der Waals surface area contributed by atoms with Crippen LogP contribution in [0.25, 0.3) is 0 Å². The van der Waals surface area contributed by atoms with Crippen molar-refractivity contribution >= 4 is 0 Å². The summed E-state index contributed by atoms with van der Waals surface area (Å²) in [6, 6.07) is 0.735. The van der Waals surface area contributed by atoms with E-state index in [9.17, 15) is 5.11 Å². The number of hydrogen-bond donors (Lipinski definition) is 2. The maximum Gasteiger partial charge on any atom is 0.0494 e. The van der Waals surface area contributed by atoms with Crippen LogP contribution in [0.3, 0.4) is 0 Å². The molecular weight excluding hydrogens is 198 g/mol. The molecule has 0 aromatic rings. The van der Waals surface area contributed by atoms with Gasteiger partial charge in [0.1, 0.15) is 0 Å². The minimum absolute atomic E-state index is 0.0332. The Bertz CT molecular complexity index is 231. The quantitative estimate of drug-likeness (QED) is 0.771. The first-order chi connectivity index (χ1) is 7.58. The fourth-order valence-corrected chi connectivity index (χ4v) is 3.33. The van der Waals surface area contributed by atoms with Crippen LogP contribution in [-0.2, 0) is 0 Å². The van der Waals surface area contributed by atoms with E-state index in [-0.39, 0.29) is 12.0 Å². The van der Waals surface area contributed by atoms with Crippen molar-refractivity contribution in [1.82, 2.24) is 5.32 Å². The Kier molecular flexibility index (Phi) is 3.60. The molecule has 0 aromatic heterocycles. The summed E-state index contributed by atoms with van der Waals surface area (Å²) in [5.74, 6) is 0. The van der Waals surface area contributed by atoms with Crippen LogP contribution >= 0.6 is 0 Å². The van der Waals surface area contributed by atoms with Crippen molar-refractivity contribution in [1.29, 1.82) is 0 Å². The highest BCUT2D eigenvalue weighted by molar-refractivity contribution is 5.02. The zero-order valence-electron chi connectivity index (χ0n) is 10.9. The molecular formula is C14H27NO. The van der Waals surface area contributed by atoms with E-state index in [2.05, 4.69) is 19.2 Å². The molecule has 0 saturated heterocycles. The van der Waals surface area contributed by atoms with Gasteiger partial charge in [-0.1, -0.05) is 33.1 Å². The largest absolute Gasteiger partial charge is 0.396 e. The van der Waals surface area contributed by atoms with Crippen LogP contribution in [0, 0.1) is 10.8 Å². The first kappa shape index (κ1) is 12.4. The summed E-state index contributed by atoms with van der Waals surface area (Å²) in [4.78, 5) is 0. The Labute approximate surface area is 99.8 Å². The molecule has 1 atom stereocenters. The van der Waals surface area contributed by atoms with Gasteiger partial charge in [-0.25, -0.2) is 0 Å². The third kappa shape index (κ3) is 2.43. The normalized spacial score (nSPS) is 29.1. The van der Waals surface area contributed by atoms with Crippen molar-refractivity contribution in [3.63, 3.8) is 0 Å². The molecule has 2 N–H and O–H groups in total. The third-order valence-corrected chi connectivity index (χ3v) is 4.77. The average Bonchev–Trinajstić information content (AvgIpc) is 2.29. The summed E-state index contributed by atoms with van der Waals surface area (Å²) in [6.45, 7) is 5.49. The van der Waals surface area contributed by atoms with Gasteiger partial charge >= 0.3 is 0 Å². The second kappa shape index (κ2) is 4.66. The highest BCUT2D eigenvalue weighted by Gasteiger charge is 2.46. The molecule has 1 spiro atoms. The lowest BCUT2D eigenvalue weighted by atomic mass is 9.57. The van der Waals surface area contributed by atoms with E-state index in [1.165, 1.54) is 44.9 Å². The fraction of sp³-hybridized carbons (Fsp3) is 1.00. The molecule has 94 valence electrons. The van der Waals surface area contributed by atoms with Gasteiger partial charge in [-0.2, -0.15) is 0 Å². The SMILES string of the molecule is CC(C)(CO)CNC1CCC12CCCCC2. The number of aliphatic hydroxyl groups is 1. The van der Waals surface area contributed by atoms with Crippen LogP contribution in [-0.4, -0.2) is 24.3 Å². The van der Waals surface area contributed by atoms with Crippen molar-refractivity contribution in [2.24, 2.45) is 10.8 Å². The van der Waals surface area contributed by atoms with E-state index in [1.807, 2.05) is 0 Å². The van der Waals surface area contributed by atoms with Gasteiger partial charge in [0, 0.05) is 24.6 Å². The molecule has 16 heavy (non-hydrogen) atoms. The van der Waals surface area contributed by atoms with Crippen LogP contribution < -0.4 is 5.32 Å². The maximum absolute atomic E-state index is 9.26. The Morgan fingerprint density at radius 1 is 1.19 bits per heavy atom. The second-order valence-electron chi connectivity index (χ2n) is 6.72. The van der Waals surface area contributed by atoms with Gasteiger partial charge in [0.15, 0.2) is 0 Å². The summed E-state index contributed by atoms with van der Waals surface area (Å²) in [5.41, 5.74) is 0.676. The molecule has 0 radical (unpaired) electrons. The Morgan fingerprint density at radius 3 is 2.38 bits per heavy atom. The van der Waals surface area contributed by atoms with Crippen LogP contribution in [0.2, 0.25) is 0 Å². The summed E-state index contributed by atoms with van der Waals surface area (Å²) in [7, 11) is 0. The molecule has 2 saturated carbocycles. The van der Waals surface area contributed by atoms with Gasteiger partial charge in [0.25, 0.3) is 0 Å². The van der Waals surface area contributed by atoms with E-state index in [0.717, 1.165) is 12.6 Å². The summed E-state index contributed by atoms with van der Waals surface area (Å²) >= 11 is 0. The van der Waals surface area contributed by atoms with E-state index in [1.54, 1.807) is 0 Å². The molecule has 2 aliphatic carbocycles. The maximum atomic E-state index is 9.26. The summed E-state index contributed by atoms with van der Waals surface area (Å²) in [6.07, 6.45) is 9.96. The van der Waals surface area contributed by atoms with E-state index in [0.29, 0.717) is 5.41 Å². The highest BCUT2D eigenvalue weighted by Crippen LogP contribution is 2.51. The highest BCUT2D eigenvalue weighted by atomic mass is 16.3. The minimum Gasteiger partial charge on any atom is -0.396 e. The van der Waals surface area contributed by atoms with Gasteiger partial charge in [-0.15, -0.1) is 0 Å². The van der Waals surface area contributed by atoms with E-state index >= 15 is 0 Å². The van der Waals surface area contributed by atoms with Crippen molar-refractivity contribution in [2.75, 3.05) is 13.2 Å². The van der Waals surface area contributed by atoms with E-state index in [4.69, 9.17) is 0 Å². The lowest BCUT2D eigenvalue weighted by Gasteiger charge is -2.53. The molecule has 0 bridgehead atoms. The summed E-state index contributed by atoms with van der Waals surface area (Å²) < 4.78 is 0. The lowest BCUT2D eigenvalue weighted by molar-refractivity contribution is 0.0143. The van der Waals surface area contributed by atoms with Gasteiger partial charge in [0.2, 0.25) is 0 Å². The Hall–Kier alpha value is -0.0800. The molecule has 0 amide bonds. The average molecular weight is 225 g/mol. The van der Waals surface area contributed by atoms with Crippen LogP contribution in [0.1, 0.15) is 58.8 Å². The predicted octanol–water partition coefficient (Wildman–Crippen LogP) is 2.71. The molecule has 2 rings (SSSR count). The molecule has 2 heteroatoms. The van der Waals surface area contributed by atoms with Gasteiger partial charge < -0.3 is 10.4 Å². The first-order valence-corrected chi connectivity index (χ1v) is 6.92. The van der Waals surface area contributed by atoms with Crippen LogP contribution in [0.4, 0.5) is 0 Å². The molecule has 1 unspecified atom stereocenters. The second-order valence-corrected chi connectivity index (χ2v) is 6.72. The van der Waals surface area contributed by atoms with Crippen molar-refractivity contribution in [2.45, 2.75) is 64.8 Å². The number of hydrogen-bond acceptors (Lipinski definition) is 2. The van der Waals surface area contributed by atoms with Crippen molar-refractivity contribution in [3.05, 3.63) is 0 Å². The minimum atomic E-state index is 0.0332. The monoisotopic (exact) mass is 225 g/mol. The van der Waals surface area contributed by atoms with Crippen LogP contribution in [0.15, 0.2) is 0 Å². The number of rotatable bonds is 4. The van der Waals surface area contributed by atoms with Crippen molar-refractivity contribution < 1.29 is 5.11 Å². The molecule has 2 nitrogen and oxygen atoms in total. The molecule has 2 aliphatic rings. The smallest absolute Gasteiger partial charge is 0.0494 e.